The number of ether oxygens (including phenoxy) is 1. The molecule has 0 radical (unpaired) electrons. The Labute approximate surface area is 187 Å². The van der Waals surface area contributed by atoms with E-state index in [2.05, 4.69) is 10.2 Å². The quantitative estimate of drug-likeness (QED) is 0.574. The summed E-state index contributed by atoms with van der Waals surface area (Å²) in [6.45, 7) is 8.60. The average Bonchev–Trinajstić information content (AvgIpc) is 2.79. The lowest BCUT2D eigenvalue weighted by Crippen LogP contribution is -2.36. The highest BCUT2D eigenvalue weighted by atomic mass is 16.5. The first-order valence-electron chi connectivity index (χ1n) is 11.0. The predicted molar refractivity (Wildman–Crippen MR) is 126 cm³/mol. The van der Waals surface area contributed by atoms with Crippen molar-refractivity contribution in [3.63, 3.8) is 0 Å². The van der Waals surface area contributed by atoms with Crippen molar-refractivity contribution < 1.29 is 13.9 Å². The second-order valence-electron chi connectivity index (χ2n) is 8.09. The second kappa shape index (κ2) is 9.97. The second-order valence-corrected chi connectivity index (χ2v) is 8.09. The SMILES string of the molecule is CCN(CC(=O)Nc1ccc(N2CCOCC2)cc1)Cc1cc(=O)oc2cc(C)ccc12. The van der Waals surface area contributed by atoms with E-state index in [1.165, 1.54) is 6.07 Å². The smallest absolute Gasteiger partial charge is 0.336 e. The molecule has 4 rings (SSSR count). The van der Waals surface area contributed by atoms with Crippen molar-refractivity contribution in [1.82, 2.24) is 4.90 Å². The molecule has 1 amide bonds. The highest BCUT2D eigenvalue weighted by Gasteiger charge is 2.14. The zero-order valence-corrected chi connectivity index (χ0v) is 18.6. The van der Waals surface area contributed by atoms with E-state index in [0.717, 1.165) is 54.2 Å². The highest BCUT2D eigenvalue weighted by Crippen LogP contribution is 2.21. The third-order valence-electron chi connectivity index (χ3n) is 5.72. The molecule has 1 aliphatic heterocycles. The third kappa shape index (κ3) is 5.36. The van der Waals surface area contributed by atoms with E-state index >= 15 is 0 Å². The van der Waals surface area contributed by atoms with Crippen LogP contribution in [0.25, 0.3) is 11.0 Å². The maximum atomic E-state index is 12.7. The largest absolute Gasteiger partial charge is 0.423 e. The zero-order chi connectivity index (χ0) is 22.5. The fourth-order valence-corrected chi connectivity index (χ4v) is 3.97. The minimum absolute atomic E-state index is 0.0888. The number of aryl methyl sites for hydroxylation is 1. The number of morpholine rings is 1. The summed E-state index contributed by atoms with van der Waals surface area (Å²) in [5, 5.41) is 3.87. The molecule has 0 aliphatic carbocycles. The Kier molecular flexibility index (Phi) is 6.87. The molecule has 1 aromatic heterocycles. The Morgan fingerprint density at radius 3 is 2.56 bits per heavy atom. The summed E-state index contributed by atoms with van der Waals surface area (Å²) in [6, 6.07) is 15.2. The number of nitrogens with zero attached hydrogens (tertiary/aromatic N) is 2. The van der Waals surface area contributed by atoms with Crippen molar-refractivity contribution >= 4 is 28.3 Å². The van der Waals surface area contributed by atoms with Gasteiger partial charge in [-0.15, -0.1) is 0 Å². The van der Waals surface area contributed by atoms with Crippen LogP contribution in [-0.4, -0.2) is 50.2 Å². The van der Waals surface area contributed by atoms with E-state index in [9.17, 15) is 9.59 Å². The predicted octanol–water partition coefficient (Wildman–Crippen LogP) is 3.40. The number of hydrogen-bond donors (Lipinski definition) is 1. The number of rotatable bonds is 7. The number of carbonyl (C=O) groups is 1. The summed E-state index contributed by atoms with van der Waals surface area (Å²) in [6.07, 6.45) is 0. The Bertz CT molecular complexity index is 1130. The van der Waals surface area contributed by atoms with Crippen LogP contribution in [0.3, 0.4) is 0 Å². The Morgan fingerprint density at radius 2 is 1.84 bits per heavy atom. The average molecular weight is 436 g/mol. The number of carbonyl (C=O) groups excluding carboxylic acids is 1. The fourth-order valence-electron chi connectivity index (χ4n) is 3.97. The Morgan fingerprint density at radius 1 is 1.09 bits per heavy atom. The normalized spacial score (nSPS) is 14.2. The van der Waals surface area contributed by atoms with Crippen LogP contribution in [0.1, 0.15) is 18.1 Å². The molecule has 0 unspecified atom stereocenters. The van der Waals surface area contributed by atoms with Crippen LogP contribution >= 0.6 is 0 Å². The van der Waals surface area contributed by atoms with Gasteiger partial charge in [0, 0.05) is 42.5 Å². The molecule has 168 valence electrons. The van der Waals surface area contributed by atoms with E-state index in [1.54, 1.807) is 0 Å². The van der Waals surface area contributed by atoms with Crippen LogP contribution in [-0.2, 0) is 16.1 Å². The van der Waals surface area contributed by atoms with Crippen molar-refractivity contribution in [2.24, 2.45) is 0 Å². The topological polar surface area (TPSA) is 75.0 Å². The van der Waals surface area contributed by atoms with Crippen LogP contribution in [0, 0.1) is 6.92 Å². The lowest BCUT2D eigenvalue weighted by molar-refractivity contribution is -0.117. The molecule has 32 heavy (non-hydrogen) atoms. The lowest BCUT2D eigenvalue weighted by atomic mass is 10.1. The van der Waals surface area contributed by atoms with Crippen LogP contribution in [0.5, 0.6) is 0 Å². The number of hydrogen-bond acceptors (Lipinski definition) is 6. The number of benzene rings is 2. The molecule has 0 bridgehead atoms. The summed E-state index contributed by atoms with van der Waals surface area (Å²) >= 11 is 0. The first-order valence-corrected chi connectivity index (χ1v) is 11.0. The molecule has 7 heteroatoms. The molecule has 2 aromatic carbocycles. The van der Waals surface area contributed by atoms with E-state index in [1.807, 2.05) is 61.2 Å². The van der Waals surface area contributed by atoms with E-state index in [0.29, 0.717) is 18.7 Å². The molecular weight excluding hydrogens is 406 g/mol. The first-order chi connectivity index (χ1) is 15.5. The van der Waals surface area contributed by atoms with Gasteiger partial charge < -0.3 is 19.4 Å². The summed E-state index contributed by atoms with van der Waals surface area (Å²) in [5.41, 5.74) is 3.99. The van der Waals surface area contributed by atoms with Crippen LogP contribution in [0.2, 0.25) is 0 Å². The fraction of sp³-hybridized carbons (Fsp3) is 0.360. The van der Waals surface area contributed by atoms with Gasteiger partial charge >= 0.3 is 5.63 Å². The minimum Gasteiger partial charge on any atom is -0.423 e. The summed E-state index contributed by atoms with van der Waals surface area (Å²) < 4.78 is 10.7. The first kappa shape index (κ1) is 22.0. The number of fused-ring (bicyclic) bond motifs is 1. The van der Waals surface area contributed by atoms with E-state index in [4.69, 9.17) is 9.15 Å². The summed E-state index contributed by atoms with van der Waals surface area (Å²) in [7, 11) is 0. The van der Waals surface area contributed by atoms with Crippen LogP contribution in [0.4, 0.5) is 11.4 Å². The molecule has 1 aliphatic rings. The molecule has 1 fully saturated rings. The zero-order valence-electron chi connectivity index (χ0n) is 18.6. The minimum atomic E-state index is -0.376. The summed E-state index contributed by atoms with van der Waals surface area (Å²) in [5.74, 6) is -0.0888. The van der Waals surface area contributed by atoms with Crippen molar-refractivity contribution in [2.45, 2.75) is 20.4 Å². The van der Waals surface area contributed by atoms with Gasteiger partial charge in [0.1, 0.15) is 5.58 Å². The number of likely N-dealkylation sites (N-methyl/N-ethyl adjacent to an activating group) is 1. The molecule has 1 saturated heterocycles. The molecule has 0 spiro atoms. The van der Waals surface area contributed by atoms with Gasteiger partial charge in [-0.1, -0.05) is 19.1 Å². The molecule has 0 atom stereocenters. The van der Waals surface area contributed by atoms with Crippen molar-refractivity contribution in [1.29, 1.82) is 0 Å². The van der Waals surface area contributed by atoms with Crippen LogP contribution < -0.4 is 15.8 Å². The Balaban J connectivity index is 1.40. The van der Waals surface area contributed by atoms with Gasteiger partial charge in [0.15, 0.2) is 0 Å². The van der Waals surface area contributed by atoms with Gasteiger partial charge in [-0.25, -0.2) is 4.79 Å². The standard InChI is InChI=1S/C25H29N3O4/c1-3-27(16-19-15-25(30)32-23-14-18(2)4-9-22(19)23)17-24(29)26-20-5-7-21(8-6-20)28-10-12-31-13-11-28/h4-9,14-15H,3,10-13,16-17H2,1-2H3,(H,26,29). The van der Waals surface area contributed by atoms with Gasteiger partial charge in [0.05, 0.1) is 19.8 Å². The molecule has 0 saturated carbocycles. The number of amides is 1. The maximum Gasteiger partial charge on any atom is 0.336 e. The molecule has 3 aromatic rings. The highest BCUT2D eigenvalue weighted by molar-refractivity contribution is 5.92. The number of nitrogens with one attached hydrogen (secondary N) is 1. The monoisotopic (exact) mass is 435 g/mol. The molecule has 2 heterocycles. The molecule has 7 nitrogen and oxygen atoms in total. The van der Waals surface area contributed by atoms with Crippen molar-refractivity contribution in [3.05, 3.63) is 70.1 Å². The van der Waals surface area contributed by atoms with Crippen LogP contribution in [0.15, 0.2) is 57.7 Å². The summed E-state index contributed by atoms with van der Waals surface area (Å²) in [4.78, 5) is 29.0. The van der Waals surface area contributed by atoms with Crippen molar-refractivity contribution in [2.75, 3.05) is 49.6 Å². The molecule has 1 N–H and O–H groups in total. The maximum absolute atomic E-state index is 12.7. The van der Waals surface area contributed by atoms with Gasteiger partial charge in [-0.2, -0.15) is 0 Å². The van der Waals surface area contributed by atoms with E-state index < -0.39 is 0 Å². The van der Waals surface area contributed by atoms with Gasteiger partial charge in [-0.05, 0) is 54.9 Å². The number of anilines is 2. The third-order valence-corrected chi connectivity index (χ3v) is 5.72. The van der Waals surface area contributed by atoms with Crippen molar-refractivity contribution in [3.8, 4) is 0 Å². The Hall–Kier alpha value is -3.16. The van der Waals surface area contributed by atoms with Gasteiger partial charge in [0.2, 0.25) is 5.91 Å². The van der Waals surface area contributed by atoms with Gasteiger partial charge in [0.25, 0.3) is 0 Å². The molecular formula is C25H29N3O4. The van der Waals surface area contributed by atoms with E-state index in [-0.39, 0.29) is 18.1 Å². The van der Waals surface area contributed by atoms with Gasteiger partial charge in [-0.3, -0.25) is 9.69 Å². The lowest BCUT2D eigenvalue weighted by Gasteiger charge is -2.29.